The molecule has 5 heteroatoms. The third-order valence-corrected chi connectivity index (χ3v) is 4.07. The van der Waals surface area contributed by atoms with Gasteiger partial charge in [0, 0.05) is 16.9 Å². The van der Waals surface area contributed by atoms with E-state index >= 15 is 0 Å². The van der Waals surface area contributed by atoms with Gasteiger partial charge in [-0.25, -0.2) is 5.01 Å². The minimum Gasteiger partial charge on any atom is -0.463 e. The van der Waals surface area contributed by atoms with Gasteiger partial charge in [-0.1, -0.05) is 44.5 Å². The summed E-state index contributed by atoms with van der Waals surface area (Å²) in [6.07, 6.45) is 2.24. The molecule has 1 aromatic carbocycles. The Morgan fingerprint density at radius 2 is 1.96 bits per heavy atom. The predicted molar refractivity (Wildman–Crippen MR) is 90.4 cm³/mol. The molecule has 0 N–H and O–H groups in total. The van der Waals surface area contributed by atoms with Crippen LogP contribution in [0.15, 0.2) is 52.2 Å². The van der Waals surface area contributed by atoms with Gasteiger partial charge in [0.25, 0.3) is 0 Å². The highest BCUT2D eigenvalue weighted by Crippen LogP contribution is 2.36. The Labute approximate surface area is 140 Å². The Morgan fingerprint density at radius 3 is 2.52 bits per heavy atom. The van der Waals surface area contributed by atoms with Crippen molar-refractivity contribution in [3.63, 3.8) is 0 Å². The van der Waals surface area contributed by atoms with E-state index in [1.54, 1.807) is 11.3 Å². The Hall–Kier alpha value is -2.07. The zero-order valence-corrected chi connectivity index (χ0v) is 14.2. The number of rotatable bonds is 2. The summed E-state index contributed by atoms with van der Waals surface area (Å²) in [5.41, 5.74) is 1.29. The van der Waals surface area contributed by atoms with Crippen LogP contribution in [0.4, 0.5) is 0 Å². The van der Waals surface area contributed by atoms with Crippen LogP contribution in [-0.2, 0) is 4.79 Å². The molecule has 0 fully saturated rings. The van der Waals surface area contributed by atoms with E-state index in [1.807, 2.05) is 57.2 Å². The van der Waals surface area contributed by atoms with Crippen molar-refractivity contribution in [2.45, 2.75) is 33.2 Å². The normalized spacial score (nSPS) is 18.2. The number of halogens is 1. The molecule has 2 aromatic rings. The first-order valence-corrected chi connectivity index (χ1v) is 7.94. The molecular formula is C18H19ClN2O2. The van der Waals surface area contributed by atoms with E-state index in [9.17, 15) is 4.79 Å². The third-order valence-electron chi connectivity index (χ3n) is 3.82. The number of hydrazone groups is 1. The van der Waals surface area contributed by atoms with Crippen LogP contribution in [0.25, 0.3) is 0 Å². The number of carbonyl (C=O) groups excluding carboxylic acids is 1. The Morgan fingerprint density at radius 1 is 1.26 bits per heavy atom. The highest BCUT2D eigenvalue weighted by Gasteiger charge is 2.38. The maximum atomic E-state index is 12.8. The monoisotopic (exact) mass is 330 g/mol. The fourth-order valence-corrected chi connectivity index (χ4v) is 2.70. The second kappa shape index (κ2) is 5.85. The molecule has 3 rings (SSSR count). The van der Waals surface area contributed by atoms with Crippen LogP contribution in [0.3, 0.4) is 0 Å². The van der Waals surface area contributed by atoms with Gasteiger partial charge in [-0.2, -0.15) is 5.10 Å². The number of hydrogen-bond donors (Lipinski definition) is 0. The van der Waals surface area contributed by atoms with Crippen LogP contribution in [0.2, 0.25) is 5.02 Å². The molecule has 1 aliphatic heterocycles. The molecule has 0 saturated carbocycles. The van der Waals surface area contributed by atoms with Crippen molar-refractivity contribution in [3.05, 3.63) is 59.0 Å². The number of amides is 1. The summed E-state index contributed by atoms with van der Waals surface area (Å²) in [6, 6.07) is 11.1. The molecule has 1 atom stereocenters. The SMILES string of the molecule is CC(C)(C)C(=O)N1N=C(c2ccco2)C[C@@H]1c1ccc(Cl)cc1. The summed E-state index contributed by atoms with van der Waals surface area (Å²) < 4.78 is 5.44. The maximum Gasteiger partial charge on any atom is 0.248 e. The van der Waals surface area contributed by atoms with E-state index < -0.39 is 5.41 Å². The molecule has 120 valence electrons. The lowest BCUT2D eigenvalue weighted by Gasteiger charge is -2.28. The van der Waals surface area contributed by atoms with Crippen LogP contribution >= 0.6 is 11.6 Å². The van der Waals surface area contributed by atoms with E-state index in [1.165, 1.54) is 0 Å². The molecule has 0 spiro atoms. The van der Waals surface area contributed by atoms with Crippen molar-refractivity contribution in [2.75, 3.05) is 0 Å². The minimum absolute atomic E-state index is 0.0148. The smallest absolute Gasteiger partial charge is 0.248 e. The van der Waals surface area contributed by atoms with Gasteiger partial charge < -0.3 is 4.42 Å². The number of nitrogens with zero attached hydrogens (tertiary/aromatic N) is 2. The molecule has 0 radical (unpaired) electrons. The number of hydrogen-bond acceptors (Lipinski definition) is 3. The summed E-state index contributed by atoms with van der Waals surface area (Å²) in [5, 5.41) is 6.81. The van der Waals surface area contributed by atoms with E-state index in [0.717, 1.165) is 11.3 Å². The highest BCUT2D eigenvalue weighted by molar-refractivity contribution is 6.30. The first-order chi connectivity index (χ1) is 10.9. The number of benzene rings is 1. The molecule has 4 nitrogen and oxygen atoms in total. The Balaban J connectivity index is 1.98. The summed E-state index contributed by atoms with van der Waals surface area (Å²) in [7, 11) is 0. The first kappa shape index (κ1) is 15.8. The average Bonchev–Trinajstić information content (AvgIpc) is 3.15. The third kappa shape index (κ3) is 3.17. The summed E-state index contributed by atoms with van der Waals surface area (Å²) >= 11 is 5.98. The minimum atomic E-state index is -0.507. The average molecular weight is 331 g/mol. The van der Waals surface area contributed by atoms with Crippen molar-refractivity contribution in [2.24, 2.45) is 10.5 Å². The van der Waals surface area contributed by atoms with Crippen LogP contribution in [0.1, 0.15) is 44.6 Å². The number of furan rings is 1. The number of carbonyl (C=O) groups is 1. The van der Waals surface area contributed by atoms with Crippen molar-refractivity contribution in [3.8, 4) is 0 Å². The molecule has 1 aromatic heterocycles. The molecule has 0 bridgehead atoms. The lowest BCUT2D eigenvalue weighted by molar-refractivity contribution is -0.141. The second-order valence-electron chi connectivity index (χ2n) is 6.70. The van der Waals surface area contributed by atoms with E-state index in [2.05, 4.69) is 5.10 Å². The van der Waals surface area contributed by atoms with Gasteiger partial charge in [0.2, 0.25) is 5.91 Å². The lowest BCUT2D eigenvalue weighted by atomic mass is 9.93. The van der Waals surface area contributed by atoms with Gasteiger partial charge in [0.15, 0.2) is 0 Å². The molecule has 2 heterocycles. The van der Waals surface area contributed by atoms with Crippen LogP contribution in [0.5, 0.6) is 0 Å². The summed E-state index contributed by atoms with van der Waals surface area (Å²) in [5.74, 6) is 0.687. The van der Waals surface area contributed by atoms with Gasteiger partial charge >= 0.3 is 0 Å². The van der Waals surface area contributed by atoms with Crippen molar-refractivity contribution in [1.29, 1.82) is 0 Å². The first-order valence-electron chi connectivity index (χ1n) is 7.57. The molecule has 0 aliphatic carbocycles. The zero-order valence-electron chi connectivity index (χ0n) is 13.4. The summed E-state index contributed by atoms with van der Waals surface area (Å²) in [6.45, 7) is 5.69. The van der Waals surface area contributed by atoms with Crippen LogP contribution in [-0.4, -0.2) is 16.6 Å². The van der Waals surface area contributed by atoms with Gasteiger partial charge in [-0.05, 0) is 29.8 Å². The van der Waals surface area contributed by atoms with Gasteiger partial charge in [0.05, 0.1) is 12.3 Å². The van der Waals surface area contributed by atoms with Gasteiger partial charge in [0.1, 0.15) is 11.5 Å². The van der Waals surface area contributed by atoms with E-state index in [4.69, 9.17) is 16.0 Å². The Kier molecular flexibility index (Phi) is 4.02. The molecular weight excluding hydrogens is 312 g/mol. The van der Waals surface area contributed by atoms with Crippen molar-refractivity contribution in [1.82, 2.24) is 5.01 Å². The predicted octanol–water partition coefficient (Wildman–Crippen LogP) is 4.66. The summed E-state index contributed by atoms with van der Waals surface area (Å²) in [4.78, 5) is 12.8. The molecule has 0 unspecified atom stereocenters. The van der Waals surface area contributed by atoms with Crippen LogP contribution < -0.4 is 0 Å². The lowest BCUT2D eigenvalue weighted by Crippen LogP contribution is -2.36. The van der Waals surface area contributed by atoms with Crippen molar-refractivity contribution < 1.29 is 9.21 Å². The second-order valence-corrected chi connectivity index (χ2v) is 7.13. The molecule has 0 saturated heterocycles. The topological polar surface area (TPSA) is 45.8 Å². The van der Waals surface area contributed by atoms with Crippen LogP contribution in [0, 0.1) is 5.41 Å². The molecule has 23 heavy (non-hydrogen) atoms. The maximum absolute atomic E-state index is 12.8. The standard InChI is InChI=1S/C18H19ClN2O2/c1-18(2,3)17(22)21-15(12-6-8-13(19)9-7-12)11-14(20-21)16-5-4-10-23-16/h4-10,15H,11H2,1-3H3/t15-/m1/s1. The van der Waals surface area contributed by atoms with E-state index in [0.29, 0.717) is 17.2 Å². The molecule has 1 aliphatic rings. The van der Waals surface area contributed by atoms with Gasteiger partial charge in [-0.3, -0.25) is 4.79 Å². The van der Waals surface area contributed by atoms with Gasteiger partial charge in [-0.15, -0.1) is 0 Å². The quantitative estimate of drug-likeness (QED) is 0.804. The Bertz CT molecular complexity index is 727. The zero-order chi connectivity index (χ0) is 16.6. The highest BCUT2D eigenvalue weighted by atomic mass is 35.5. The van der Waals surface area contributed by atoms with E-state index in [-0.39, 0.29) is 11.9 Å². The van der Waals surface area contributed by atoms with Crippen molar-refractivity contribution >= 4 is 23.2 Å². The fraction of sp³-hybridized carbons (Fsp3) is 0.333. The fourth-order valence-electron chi connectivity index (χ4n) is 2.58. The largest absolute Gasteiger partial charge is 0.463 e. The molecule has 1 amide bonds.